The Kier molecular flexibility index (Phi) is 3.92. The predicted molar refractivity (Wildman–Crippen MR) is 72.7 cm³/mol. The molecule has 0 fully saturated rings. The van der Waals surface area contributed by atoms with Crippen molar-refractivity contribution in [3.63, 3.8) is 0 Å². The molecule has 0 saturated carbocycles. The van der Waals surface area contributed by atoms with Gasteiger partial charge in [-0.25, -0.2) is 8.42 Å². The molecule has 0 aliphatic carbocycles. The number of nitrogens with one attached hydrogen (secondary N) is 1. The van der Waals surface area contributed by atoms with Gasteiger partial charge in [0.1, 0.15) is 0 Å². The van der Waals surface area contributed by atoms with E-state index >= 15 is 0 Å². The minimum absolute atomic E-state index is 0.125. The van der Waals surface area contributed by atoms with Crippen molar-refractivity contribution in [1.82, 2.24) is 5.32 Å². The number of hydrogen-bond donors (Lipinski definition) is 1. The van der Waals surface area contributed by atoms with E-state index < -0.39 is 9.84 Å². The SMILES string of the molecule is O=S1(=O)C=CC(NCc2ccc(Br)cc2Cl)C1. The first-order valence-corrected chi connectivity index (χ1v) is 7.93. The van der Waals surface area contributed by atoms with Gasteiger partial charge in [0, 0.05) is 27.5 Å². The van der Waals surface area contributed by atoms with Crippen LogP contribution in [0.5, 0.6) is 0 Å². The smallest absolute Gasteiger partial charge is 0.173 e. The number of sulfone groups is 1. The van der Waals surface area contributed by atoms with Crippen LogP contribution in [0.2, 0.25) is 5.02 Å². The fourth-order valence-electron chi connectivity index (χ4n) is 1.61. The van der Waals surface area contributed by atoms with Gasteiger partial charge in [-0.1, -0.05) is 39.7 Å². The molecule has 0 saturated heterocycles. The Balaban J connectivity index is 1.97. The van der Waals surface area contributed by atoms with E-state index in [0.717, 1.165) is 10.0 Å². The number of halogens is 2. The molecule has 6 heteroatoms. The maximum absolute atomic E-state index is 11.2. The van der Waals surface area contributed by atoms with Crippen molar-refractivity contribution in [2.24, 2.45) is 0 Å². The fourth-order valence-corrected chi connectivity index (χ4v) is 3.62. The summed E-state index contributed by atoms with van der Waals surface area (Å²) in [5, 5.41) is 5.07. The van der Waals surface area contributed by atoms with Crippen molar-refractivity contribution in [3.05, 3.63) is 44.7 Å². The van der Waals surface area contributed by atoms with Gasteiger partial charge >= 0.3 is 0 Å². The highest BCUT2D eigenvalue weighted by molar-refractivity contribution is 9.10. The van der Waals surface area contributed by atoms with E-state index in [2.05, 4.69) is 21.2 Å². The molecule has 0 bridgehead atoms. The van der Waals surface area contributed by atoms with Crippen molar-refractivity contribution in [2.75, 3.05) is 5.75 Å². The van der Waals surface area contributed by atoms with Crippen LogP contribution in [0.4, 0.5) is 0 Å². The van der Waals surface area contributed by atoms with Crippen LogP contribution in [-0.2, 0) is 16.4 Å². The van der Waals surface area contributed by atoms with Crippen molar-refractivity contribution < 1.29 is 8.42 Å². The highest BCUT2D eigenvalue weighted by atomic mass is 79.9. The second-order valence-corrected chi connectivity index (χ2v) is 7.14. The average molecular weight is 337 g/mol. The predicted octanol–water partition coefficient (Wildman–Crippen LogP) is 2.50. The number of benzene rings is 1. The van der Waals surface area contributed by atoms with Crippen LogP contribution >= 0.6 is 27.5 Å². The summed E-state index contributed by atoms with van der Waals surface area (Å²) in [4.78, 5) is 0. The molecule has 0 radical (unpaired) electrons. The lowest BCUT2D eigenvalue weighted by Gasteiger charge is -2.11. The highest BCUT2D eigenvalue weighted by Crippen LogP contribution is 2.21. The summed E-state index contributed by atoms with van der Waals surface area (Å²) in [6.07, 6.45) is 1.67. The summed E-state index contributed by atoms with van der Waals surface area (Å²) < 4.78 is 23.3. The molecule has 1 N–H and O–H groups in total. The molecule has 92 valence electrons. The van der Waals surface area contributed by atoms with Crippen LogP contribution in [0.15, 0.2) is 34.2 Å². The third kappa shape index (κ3) is 3.55. The van der Waals surface area contributed by atoms with Crippen molar-refractivity contribution in [3.8, 4) is 0 Å². The molecule has 1 aliphatic rings. The molecule has 1 aromatic carbocycles. The highest BCUT2D eigenvalue weighted by Gasteiger charge is 2.20. The number of rotatable bonds is 3. The maximum atomic E-state index is 11.2. The van der Waals surface area contributed by atoms with E-state index in [4.69, 9.17) is 11.6 Å². The van der Waals surface area contributed by atoms with Gasteiger partial charge in [-0.2, -0.15) is 0 Å². The second-order valence-electron chi connectivity index (χ2n) is 3.88. The van der Waals surface area contributed by atoms with Crippen molar-refractivity contribution >= 4 is 37.4 Å². The zero-order valence-corrected chi connectivity index (χ0v) is 12.0. The average Bonchev–Trinajstić information content (AvgIpc) is 2.57. The molecular weight excluding hydrogens is 326 g/mol. The molecule has 2 rings (SSSR count). The summed E-state index contributed by atoms with van der Waals surface area (Å²) in [7, 11) is -3.00. The third-order valence-corrected chi connectivity index (χ3v) is 4.74. The fraction of sp³-hybridized carbons (Fsp3) is 0.273. The summed E-state index contributed by atoms with van der Waals surface area (Å²) >= 11 is 9.40. The molecule has 1 atom stereocenters. The van der Waals surface area contributed by atoms with Crippen LogP contribution in [0.1, 0.15) is 5.56 Å². The van der Waals surface area contributed by atoms with E-state index in [1.54, 1.807) is 6.08 Å². The first-order chi connectivity index (χ1) is 7.96. The maximum Gasteiger partial charge on any atom is 0.173 e. The van der Waals surface area contributed by atoms with Crippen molar-refractivity contribution in [2.45, 2.75) is 12.6 Å². The normalized spacial score (nSPS) is 21.9. The lowest BCUT2D eigenvalue weighted by atomic mass is 10.2. The van der Waals surface area contributed by atoms with Gasteiger partial charge in [-0.05, 0) is 17.7 Å². The lowest BCUT2D eigenvalue weighted by Crippen LogP contribution is -2.29. The first-order valence-electron chi connectivity index (χ1n) is 5.04. The molecule has 3 nitrogen and oxygen atoms in total. The first kappa shape index (κ1) is 13.1. The Hall–Kier alpha value is -0.360. The summed E-state index contributed by atoms with van der Waals surface area (Å²) in [5.41, 5.74) is 0.951. The van der Waals surface area contributed by atoms with Gasteiger partial charge in [0.05, 0.1) is 5.75 Å². The summed E-state index contributed by atoms with van der Waals surface area (Å²) in [6.45, 7) is 0.552. The molecule has 17 heavy (non-hydrogen) atoms. The van der Waals surface area contributed by atoms with Gasteiger partial charge in [0.2, 0.25) is 0 Å². The van der Waals surface area contributed by atoms with E-state index in [0.29, 0.717) is 11.6 Å². The van der Waals surface area contributed by atoms with Crippen LogP contribution < -0.4 is 5.32 Å². The van der Waals surface area contributed by atoms with Crippen molar-refractivity contribution in [1.29, 1.82) is 0 Å². The molecule has 1 unspecified atom stereocenters. The van der Waals surface area contributed by atoms with Crippen LogP contribution in [0.25, 0.3) is 0 Å². The topological polar surface area (TPSA) is 46.2 Å². The lowest BCUT2D eigenvalue weighted by molar-refractivity contribution is 0.590. The molecule has 0 spiro atoms. The molecule has 1 aromatic rings. The van der Waals surface area contributed by atoms with E-state index in [1.165, 1.54) is 5.41 Å². The van der Waals surface area contributed by atoms with Crippen LogP contribution in [0.3, 0.4) is 0 Å². The minimum Gasteiger partial charge on any atom is -0.305 e. The van der Waals surface area contributed by atoms with Gasteiger partial charge < -0.3 is 5.32 Å². The Morgan fingerprint density at radius 1 is 1.47 bits per heavy atom. The summed E-state index contributed by atoms with van der Waals surface area (Å²) in [6, 6.07) is 5.51. The summed E-state index contributed by atoms with van der Waals surface area (Å²) in [5.74, 6) is 0.126. The minimum atomic E-state index is -3.00. The van der Waals surface area contributed by atoms with Crippen LogP contribution in [-0.4, -0.2) is 20.2 Å². The quantitative estimate of drug-likeness (QED) is 0.922. The molecule has 0 aromatic heterocycles. The van der Waals surface area contributed by atoms with Gasteiger partial charge in [-0.15, -0.1) is 0 Å². The van der Waals surface area contributed by atoms with E-state index in [-0.39, 0.29) is 11.8 Å². The third-order valence-electron chi connectivity index (χ3n) is 2.50. The Morgan fingerprint density at radius 2 is 2.24 bits per heavy atom. The van der Waals surface area contributed by atoms with Gasteiger partial charge in [0.15, 0.2) is 9.84 Å². The van der Waals surface area contributed by atoms with Crippen LogP contribution in [0, 0.1) is 0 Å². The monoisotopic (exact) mass is 335 g/mol. The Morgan fingerprint density at radius 3 is 2.82 bits per heavy atom. The number of hydrogen-bond acceptors (Lipinski definition) is 3. The zero-order valence-electron chi connectivity index (χ0n) is 8.86. The van der Waals surface area contributed by atoms with E-state index in [9.17, 15) is 8.42 Å². The standard InChI is InChI=1S/C11H11BrClNO2S/c12-9-2-1-8(11(13)5-9)6-14-10-3-4-17(15,16)7-10/h1-5,10,14H,6-7H2. The Bertz CT molecular complexity index is 557. The largest absolute Gasteiger partial charge is 0.305 e. The Labute approximate surface area is 114 Å². The van der Waals surface area contributed by atoms with Gasteiger partial charge in [-0.3, -0.25) is 0 Å². The zero-order chi connectivity index (χ0) is 12.5. The molecule has 1 aliphatic heterocycles. The van der Waals surface area contributed by atoms with Gasteiger partial charge in [0.25, 0.3) is 0 Å². The molecular formula is C11H11BrClNO2S. The molecule has 0 amide bonds. The van der Waals surface area contributed by atoms with E-state index in [1.807, 2.05) is 18.2 Å². The second kappa shape index (κ2) is 5.10. The molecule has 1 heterocycles.